The van der Waals surface area contributed by atoms with E-state index in [1.165, 1.54) is 0 Å². The summed E-state index contributed by atoms with van der Waals surface area (Å²) in [6.07, 6.45) is 4.51. The summed E-state index contributed by atoms with van der Waals surface area (Å²) in [6, 6.07) is 9.32. The molecule has 0 unspecified atom stereocenters. The highest BCUT2D eigenvalue weighted by Gasteiger charge is 2.31. The van der Waals surface area contributed by atoms with E-state index in [2.05, 4.69) is 0 Å². The monoisotopic (exact) mass is 534 g/mol. The standard InChI is InChI=1S/C29H34N4O6/c1-3-37-29(36)33-16-14-32(15-17-33)28(35)23-7-4-20(2)30-27(23)22-10-12-31(13-11-22)26(34)9-6-21-5-8-24-25(18-21)39-19-38-24/h4-9,18,22H,3,10-17,19H2,1-2H3. The number of piperazine rings is 1. The van der Waals surface area contributed by atoms with Gasteiger partial charge in [0.05, 0.1) is 17.9 Å². The third-order valence-corrected chi connectivity index (χ3v) is 7.40. The molecule has 0 spiro atoms. The van der Waals surface area contributed by atoms with Gasteiger partial charge in [-0.3, -0.25) is 14.6 Å². The Morgan fingerprint density at radius 2 is 1.67 bits per heavy atom. The fraction of sp³-hybridized carbons (Fsp3) is 0.448. The van der Waals surface area contributed by atoms with Crippen LogP contribution in [0.15, 0.2) is 36.4 Å². The first-order valence-electron chi connectivity index (χ1n) is 13.5. The Morgan fingerprint density at radius 1 is 0.949 bits per heavy atom. The Morgan fingerprint density at radius 3 is 2.41 bits per heavy atom. The lowest BCUT2D eigenvalue weighted by Gasteiger charge is -2.35. The average molecular weight is 535 g/mol. The van der Waals surface area contributed by atoms with Crippen LogP contribution in [-0.4, -0.2) is 90.3 Å². The van der Waals surface area contributed by atoms with Gasteiger partial charge in [0, 0.05) is 57.0 Å². The number of piperidine rings is 1. The molecule has 3 aliphatic rings. The molecule has 4 heterocycles. The minimum atomic E-state index is -0.339. The molecule has 0 bridgehead atoms. The molecule has 3 amide bonds. The maximum absolute atomic E-state index is 13.5. The van der Waals surface area contributed by atoms with Crippen molar-refractivity contribution in [3.63, 3.8) is 0 Å². The molecule has 1 aromatic heterocycles. The van der Waals surface area contributed by atoms with Crippen LogP contribution in [0.5, 0.6) is 11.5 Å². The van der Waals surface area contributed by atoms with Crippen LogP contribution in [-0.2, 0) is 9.53 Å². The van der Waals surface area contributed by atoms with Gasteiger partial charge >= 0.3 is 6.09 Å². The third kappa shape index (κ3) is 6.00. The molecule has 0 saturated carbocycles. The van der Waals surface area contributed by atoms with E-state index >= 15 is 0 Å². The highest BCUT2D eigenvalue weighted by atomic mass is 16.7. The van der Waals surface area contributed by atoms with Gasteiger partial charge in [0.25, 0.3) is 5.91 Å². The predicted molar refractivity (Wildman–Crippen MR) is 144 cm³/mol. The number of aromatic nitrogens is 1. The molecule has 39 heavy (non-hydrogen) atoms. The number of nitrogens with zero attached hydrogens (tertiary/aromatic N) is 4. The van der Waals surface area contributed by atoms with Crippen LogP contribution in [0.3, 0.4) is 0 Å². The third-order valence-electron chi connectivity index (χ3n) is 7.40. The Kier molecular flexibility index (Phi) is 7.99. The summed E-state index contributed by atoms with van der Waals surface area (Å²) in [7, 11) is 0. The van der Waals surface area contributed by atoms with Crippen molar-refractivity contribution in [2.24, 2.45) is 0 Å². The highest BCUT2D eigenvalue weighted by molar-refractivity contribution is 5.96. The van der Waals surface area contributed by atoms with Crippen LogP contribution in [0.1, 0.15) is 53.0 Å². The minimum Gasteiger partial charge on any atom is -0.454 e. The second kappa shape index (κ2) is 11.8. The first kappa shape index (κ1) is 26.5. The van der Waals surface area contributed by atoms with Crippen LogP contribution >= 0.6 is 0 Å². The number of rotatable bonds is 5. The first-order chi connectivity index (χ1) is 18.9. The van der Waals surface area contributed by atoms with E-state index in [1.54, 1.807) is 28.9 Å². The molecule has 1 aromatic carbocycles. The van der Waals surface area contributed by atoms with Gasteiger partial charge in [-0.2, -0.15) is 0 Å². The number of pyridine rings is 1. The number of carbonyl (C=O) groups is 3. The number of benzene rings is 1. The number of hydrogen-bond donors (Lipinski definition) is 0. The second-order valence-corrected chi connectivity index (χ2v) is 9.91. The zero-order chi connectivity index (χ0) is 27.4. The molecule has 3 aliphatic heterocycles. The number of hydrogen-bond acceptors (Lipinski definition) is 7. The van der Waals surface area contributed by atoms with Gasteiger partial charge in [0.1, 0.15) is 0 Å². The molecule has 206 valence electrons. The summed E-state index contributed by atoms with van der Waals surface area (Å²) >= 11 is 0. The summed E-state index contributed by atoms with van der Waals surface area (Å²) in [4.78, 5) is 48.4. The molecular formula is C29H34N4O6. The SMILES string of the molecule is CCOC(=O)N1CCN(C(=O)c2ccc(C)nc2C2CCN(C(=O)C=Cc3ccc4c(c3)OCO4)CC2)CC1. The number of fused-ring (bicyclic) bond motifs is 1. The molecule has 10 nitrogen and oxygen atoms in total. The van der Waals surface area contributed by atoms with Crippen molar-refractivity contribution >= 4 is 24.0 Å². The van der Waals surface area contributed by atoms with Crippen molar-refractivity contribution in [1.82, 2.24) is 19.7 Å². The van der Waals surface area contributed by atoms with Crippen LogP contribution < -0.4 is 9.47 Å². The van der Waals surface area contributed by atoms with Crippen LogP contribution in [0.4, 0.5) is 4.79 Å². The largest absolute Gasteiger partial charge is 0.454 e. The number of likely N-dealkylation sites (tertiary alicyclic amines) is 1. The smallest absolute Gasteiger partial charge is 0.409 e. The minimum absolute atomic E-state index is 0.0425. The maximum Gasteiger partial charge on any atom is 0.409 e. The molecule has 2 fully saturated rings. The van der Waals surface area contributed by atoms with E-state index in [1.807, 2.05) is 42.2 Å². The lowest BCUT2D eigenvalue weighted by atomic mass is 9.89. The fourth-order valence-electron chi connectivity index (χ4n) is 5.21. The molecular weight excluding hydrogens is 500 g/mol. The van der Waals surface area contributed by atoms with Gasteiger partial charge < -0.3 is 28.9 Å². The average Bonchev–Trinajstić information content (AvgIpc) is 3.44. The van der Waals surface area contributed by atoms with E-state index in [-0.39, 0.29) is 30.6 Å². The molecule has 0 radical (unpaired) electrons. The van der Waals surface area contributed by atoms with Crippen LogP contribution in [0, 0.1) is 6.92 Å². The predicted octanol–water partition coefficient (Wildman–Crippen LogP) is 3.45. The van der Waals surface area contributed by atoms with Gasteiger partial charge in [-0.1, -0.05) is 6.07 Å². The molecule has 5 rings (SSSR count). The number of carbonyl (C=O) groups excluding carboxylic acids is 3. The first-order valence-corrected chi connectivity index (χ1v) is 13.5. The van der Waals surface area contributed by atoms with Crippen molar-refractivity contribution in [1.29, 1.82) is 0 Å². The Balaban J connectivity index is 1.20. The number of ether oxygens (including phenoxy) is 3. The molecule has 10 heteroatoms. The van der Waals surface area contributed by atoms with E-state index < -0.39 is 0 Å². The van der Waals surface area contributed by atoms with Gasteiger partial charge in [-0.25, -0.2) is 4.79 Å². The zero-order valence-corrected chi connectivity index (χ0v) is 22.4. The summed E-state index contributed by atoms with van der Waals surface area (Å²) in [5.74, 6) is 1.38. The van der Waals surface area contributed by atoms with Gasteiger partial charge in [0.2, 0.25) is 12.7 Å². The van der Waals surface area contributed by atoms with Gasteiger partial charge in [-0.05, 0) is 62.6 Å². The normalized spacial score (nSPS) is 17.5. The van der Waals surface area contributed by atoms with Crippen molar-refractivity contribution in [3.8, 4) is 11.5 Å². The highest BCUT2D eigenvalue weighted by Crippen LogP contribution is 2.33. The molecule has 2 saturated heterocycles. The van der Waals surface area contributed by atoms with Crippen molar-refractivity contribution in [2.75, 3.05) is 52.7 Å². The van der Waals surface area contributed by atoms with Crippen molar-refractivity contribution in [2.45, 2.75) is 32.6 Å². The molecule has 0 N–H and O–H groups in total. The van der Waals surface area contributed by atoms with E-state index in [4.69, 9.17) is 19.2 Å². The summed E-state index contributed by atoms with van der Waals surface area (Å²) in [6.45, 7) is 7.23. The van der Waals surface area contributed by atoms with Crippen LogP contribution in [0.25, 0.3) is 6.08 Å². The molecule has 0 atom stereocenters. The van der Waals surface area contributed by atoms with Crippen LogP contribution in [0.2, 0.25) is 0 Å². The summed E-state index contributed by atoms with van der Waals surface area (Å²) in [5, 5.41) is 0. The number of amides is 3. The fourth-order valence-corrected chi connectivity index (χ4v) is 5.21. The van der Waals surface area contributed by atoms with Gasteiger partial charge in [-0.15, -0.1) is 0 Å². The lowest BCUT2D eigenvalue weighted by molar-refractivity contribution is -0.127. The van der Waals surface area contributed by atoms with Gasteiger partial charge in [0.15, 0.2) is 11.5 Å². The van der Waals surface area contributed by atoms with Crippen molar-refractivity contribution < 1.29 is 28.6 Å². The zero-order valence-electron chi connectivity index (χ0n) is 22.4. The Labute approximate surface area is 228 Å². The lowest BCUT2D eigenvalue weighted by Crippen LogP contribution is -2.51. The second-order valence-electron chi connectivity index (χ2n) is 9.91. The van der Waals surface area contributed by atoms with Crippen molar-refractivity contribution in [3.05, 3.63) is 58.9 Å². The molecule has 0 aliphatic carbocycles. The van der Waals surface area contributed by atoms with E-state index in [0.717, 1.165) is 29.8 Å². The topological polar surface area (TPSA) is 102 Å². The maximum atomic E-state index is 13.5. The Bertz CT molecular complexity index is 1260. The Hall–Kier alpha value is -4.08. The van der Waals surface area contributed by atoms with E-state index in [9.17, 15) is 14.4 Å². The number of aryl methyl sites for hydroxylation is 1. The van der Waals surface area contributed by atoms with E-state index in [0.29, 0.717) is 62.9 Å². The molecule has 2 aromatic rings. The summed E-state index contributed by atoms with van der Waals surface area (Å²) < 4.78 is 15.8. The quantitative estimate of drug-likeness (QED) is 0.542. The summed E-state index contributed by atoms with van der Waals surface area (Å²) in [5.41, 5.74) is 3.14.